The molecule has 0 atom stereocenters. The van der Waals surface area contributed by atoms with Crippen molar-refractivity contribution in [3.63, 3.8) is 0 Å². The molecule has 2 aromatic heterocycles. The van der Waals surface area contributed by atoms with Gasteiger partial charge in [0, 0.05) is 24.0 Å². The molecule has 0 aliphatic carbocycles. The number of Topliss-reactive ketones (excluding diaryl/α,β-unsaturated/α-hetero) is 1. The van der Waals surface area contributed by atoms with Crippen molar-refractivity contribution < 1.29 is 13.2 Å². The minimum Gasteiger partial charge on any atom is -0.295 e. The summed E-state index contributed by atoms with van der Waals surface area (Å²) in [5, 5.41) is 0. The molecule has 1 aromatic carbocycles. The number of anilines is 1. The van der Waals surface area contributed by atoms with Crippen LogP contribution in [-0.2, 0) is 10.0 Å². The second kappa shape index (κ2) is 6.44. The maximum atomic E-state index is 12.5. The number of ketones is 1. The molecule has 0 saturated carbocycles. The lowest BCUT2D eigenvalue weighted by atomic mass is 10.2. The first-order chi connectivity index (χ1) is 11.9. The van der Waals surface area contributed by atoms with Crippen LogP contribution in [-0.4, -0.2) is 33.7 Å². The first-order valence-corrected chi connectivity index (χ1v) is 8.81. The summed E-state index contributed by atoms with van der Waals surface area (Å²) < 4.78 is 29.1. The summed E-state index contributed by atoms with van der Waals surface area (Å²) in [5.41, 5.74) is 0.443. The molecule has 0 unspecified atom stereocenters. The van der Waals surface area contributed by atoms with Gasteiger partial charge in [0.2, 0.25) is 0 Å². The highest BCUT2D eigenvalue weighted by Gasteiger charge is 2.16. The summed E-state index contributed by atoms with van der Waals surface area (Å²) in [6.45, 7) is 3.23. The zero-order valence-corrected chi connectivity index (χ0v) is 14.4. The van der Waals surface area contributed by atoms with Crippen molar-refractivity contribution in [1.82, 2.24) is 19.5 Å². The van der Waals surface area contributed by atoms with Crippen LogP contribution in [0.2, 0.25) is 0 Å². The Hall–Kier alpha value is -3.07. The number of carbonyl (C=O) groups excluding carboxylic acids is 1. The van der Waals surface area contributed by atoms with Gasteiger partial charge in [-0.1, -0.05) is 12.1 Å². The summed E-state index contributed by atoms with van der Waals surface area (Å²) in [6.07, 6.45) is 4.61. The highest BCUT2D eigenvalue weighted by atomic mass is 32.2. The zero-order chi connectivity index (χ0) is 18.0. The number of nitrogens with zero attached hydrogens (tertiary/aromatic N) is 4. The number of carbonyl (C=O) groups is 1. The van der Waals surface area contributed by atoms with Crippen molar-refractivity contribution in [2.24, 2.45) is 0 Å². The van der Waals surface area contributed by atoms with Gasteiger partial charge in [-0.3, -0.25) is 14.1 Å². The molecule has 0 saturated heterocycles. The van der Waals surface area contributed by atoms with E-state index in [0.717, 1.165) is 0 Å². The van der Waals surface area contributed by atoms with E-state index in [1.807, 2.05) is 6.92 Å². The number of aromatic nitrogens is 4. The standard InChI is InChI=1S/C16H15N5O3S/c1-11(22)13-3-5-14(6-4-13)25(23,24)20-15-9-16(19-10-18-15)21-8-7-17-12(21)2/h3-10H,1-2H3,(H,18,19,20). The molecular formula is C16H15N5O3S. The third kappa shape index (κ3) is 3.56. The van der Waals surface area contributed by atoms with Crippen LogP contribution in [0.5, 0.6) is 0 Å². The molecule has 0 bridgehead atoms. The van der Waals surface area contributed by atoms with Crippen molar-refractivity contribution in [2.45, 2.75) is 18.7 Å². The summed E-state index contributed by atoms with van der Waals surface area (Å²) in [5.74, 6) is 1.21. The van der Waals surface area contributed by atoms with Gasteiger partial charge in [0.25, 0.3) is 10.0 Å². The molecule has 8 nitrogen and oxygen atoms in total. The number of hydrogen-bond acceptors (Lipinski definition) is 6. The molecule has 0 aliphatic rings. The van der Waals surface area contributed by atoms with E-state index in [2.05, 4.69) is 19.7 Å². The van der Waals surface area contributed by atoms with Crippen molar-refractivity contribution in [3.05, 3.63) is 60.4 Å². The lowest BCUT2D eigenvalue weighted by molar-refractivity contribution is 0.101. The number of sulfonamides is 1. The Labute approximate surface area is 144 Å². The van der Waals surface area contributed by atoms with Crippen molar-refractivity contribution in [2.75, 3.05) is 4.72 Å². The summed E-state index contributed by atoms with van der Waals surface area (Å²) >= 11 is 0. The van der Waals surface area contributed by atoms with E-state index < -0.39 is 10.0 Å². The number of nitrogens with one attached hydrogen (secondary N) is 1. The molecular weight excluding hydrogens is 342 g/mol. The Morgan fingerprint density at radius 3 is 2.44 bits per heavy atom. The van der Waals surface area contributed by atoms with Crippen molar-refractivity contribution in [1.29, 1.82) is 0 Å². The molecule has 2 heterocycles. The summed E-state index contributed by atoms with van der Waals surface area (Å²) in [7, 11) is -3.83. The summed E-state index contributed by atoms with van der Waals surface area (Å²) in [4.78, 5) is 23.5. The highest BCUT2D eigenvalue weighted by Crippen LogP contribution is 2.17. The fraction of sp³-hybridized carbons (Fsp3) is 0.125. The number of aryl methyl sites for hydroxylation is 1. The molecule has 1 N–H and O–H groups in total. The Balaban J connectivity index is 1.88. The monoisotopic (exact) mass is 357 g/mol. The normalized spacial score (nSPS) is 11.3. The molecule has 25 heavy (non-hydrogen) atoms. The molecule has 9 heteroatoms. The van der Waals surface area contributed by atoms with Gasteiger partial charge in [-0.2, -0.15) is 0 Å². The quantitative estimate of drug-likeness (QED) is 0.700. The molecule has 3 aromatic rings. The molecule has 0 amide bonds. The summed E-state index contributed by atoms with van der Waals surface area (Å²) in [6, 6.07) is 7.20. The molecule has 0 radical (unpaired) electrons. The van der Waals surface area contributed by atoms with Crippen LogP contribution in [0.25, 0.3) is 5.82 Å². The van der Waals surface area contributed by atoms with E-state index in [9.17, 15) is 13.2 Å². The van der Waals surface area contributed by atoms with E-state index in [1.165, 1.54) is 43.6 Å². The van der Waals surface area contributed by atoms with Crippen LogP contribution < -0.4 is 4.72 Å². The second-order valence-electron chi connectivity index (χ2n) is 5.29. The van der Waals surface area contributed by atoms with Gasteiger partial charge in [-0.05, 0) is 26.0 Å². The van der Waals surface area contributed by atoms with Gasteiger partial charge >= 0.3 is 0 Å². The zero-order valence-electron chi connectivity index (χ0n) is 13.5. The number of benzene rings is 1. The Kier molecular flexibility index (Phi) is 4.32. The Morgan fingerprint density at radius 2 is 1.84 bits per heavy atom. The lowest BCUT2D eigenvalue weighted by Gasteiger charge is -2.09. The van der Waals surface area contributed by atoms with Crippen molar-refractivity contribution >= 4 is 21.6 Å². The van der Waals surface area contributed by atoms with Gasteiger partial charge in [0.05, 0.1) is 4.90 Å². The van der Waals surface area contributed by atoms with E-state index in [0.29, 0.717) is 17.2 Å². The maximum Gasteiger partial charge on any atom is 0.263 e. The molecule has 128 valence electrons. The van der Waals surface area contributed by atoms with Gasteiger partial charge in [-0.15, -0.1) is 0 Å². The van der Waals surface area contributed by atoms with Gasteiger partial charge < -0.3 is 0 Å². The Bertz CT molecular complexity index is 1030. The second-order valence-corrected chi connectivity index (χ2v) is 6.97. The number of hydrogen-bond donors (Lipinski definition) is 1. The average molecular weight is 357 g/mol. The van der Waals surface area contributed by atoms with Crippen LogP contribution in [0, 0.1) is 6.92 Å². The molecule has 0 spiro atoms. The van der Waals surface area contributed by atoms with Crippen LogP contribution in [0.1, 0.15) is 23.1 Å². The first-order valence-electron chi connectivity index (χ1n) is 7.33. The first kappa shape index (κ1) is 16.8. The molecule has 0 fully saturated rings. The van der Waals surface area contributed by atoms with Crippen LogP contribution in [0.4, 0.5) is 5.82 Å². The predicted molar refractivity (Wildman–Crippen MR) is 91.1 cm³/mol. The fourth-order valence-corrected chi connectivity index (χ4v) is 3.22. The largest absolute Gasteiger partial charge is 0.295 e. The van der Waals surface area contributed by atoms with Gasteiger partial charge in [0.15, 0.2) is 5.78 Å². The molecule has 0 aliphatic heterocycles. The van der Waals surface area contributed by atoms with Crippen LogP contribution in [0.15, 0.2) is 53.9 Å². The van der Waals surface area contributed by atoms with Gasteiger partial charge in [0.1, 0.15) is 23.8 Å². The SMILES string of the molecule is CC(=O)c1ccc(S(=O)(=O)Nc2cc(-n3ccnc3C)ncn2)cc1. The number of rotatable bonds is 5. The minimum absolute atomic E-state index is 0.0384. The third-order valence-electron chi connectivity index (χ3n) is 3.54. The van der Waals surface area contributed by atoms with E-state index in [-0.39, 0.29) is 16.5 Å². The fourth-order valence-electron chi connectivity index (χ4n) is 2.22. The number of imidazole rings is 1. The van der Waals surface area contributed by atoms with Crippen LogP contribution >= 0.6 is 0 Å². The smallest absolute Gasteiger partial charge is 0.263 e. The minimum atomic E-state index is -3.83. The molecule has 3 rings (SSSR count). The van der Waals surface area contributed by atoms with E-state index in [4.69, 9.17) is 0 Å². The average Bonchev–Trinajstić information content (AvgIpc) is 3.01. The third-order valence-corrected chi connectivity index (χ3v) is 4.91. The topological polar surface area (TPSA) is 107 Å². The van der Waals surface area contributed by atoms with E-state index in [1.54, 1.807) is 17.0 Å². The Morgan fingerprint density at radius 1 is 1.12 bits per heavy atom. The van der Waals surface area contributed by atoms with Crippen LogP contribution in [0.3, 0.4) is 0 Å². The lowest BCUT2D eigenvalue weighted by Crippen LogP contribution is -2.14. The highest BCUT2D eigenvalue weighted by molar-refractivity contribution is 7.92. The maximum absolute atomic E-state index is 12.5. The predicted octanol–water partition coefficient (Wildman–Crippen LogP) is 1.97. The van der Waals surface area contributed by atoms with E-state index >= 15 is 0 Å². The van der Waals surface area contributed by atoms with Gasteiger partial charge in [-0.25, -0.2) is 23.4 Å². The van der Waals surface area contributed by atoms with Crippen molar-refractivity contribution in [3.8, 4) is 5.82 Å².